The SMILES string of the molecule is CCCCCCCCC/C=C/[C@@H](O)[C@H](COP(=O)(O)OCCN)NC(=O)CCCCCCCCCCCCCCCCCCCCCCCCCCC. The lowest BCUT2D eigenvalue weighted by atomic mass is 10.0. The predicted molar refractivity (Wildman–Crippen MR) is 226 cm³/mol. The molecule has 316 valence electrons. The normalized spacial score (nSPS) is 14.1. The molecule has 9 heteroatoms. The number of carbonyl (C=O) groups is 1. The van der Waals surface area contributed by atoms with Crippen molar-refractivity contribution in [3.05, 3.63) is 12.2 Å². The summed E-state index contributed by atoms with van der Waals surface area (Å²) in [6.45, 7) is 4.13. The van der Waals surface area contributed by atoms with Crippen LogP contribution >= 0.6 is 7.82 Å². The first kappa shape index (κ1) is 52.2. The summed E-state index contributed by atoms with van der Waals surface area (Å²) in [7, 11) is -4.33. The van der Waals surface area contributed by atoms with Crippen LogP contribution in [-0.2, 0) is 18.4 Å². The summed E-state index contributed by atoms with van der Waals surface area (Å²) in [5.74, 6) is -0.192. The number of allylic oxidation sites excluding steroid dienone is 1. The highest BCUT2D eigenvalue weighted by molar-refractivity contribution is 7.47. The van der Waals surface area contributed by atoms with E-state index in [1.165, 1.54) is 173 Å². The Bertz CT molecular complexity index is 845. The van der Waals surface area contributed by atoms with Crippen LogP contribution in [-0.4, -0.2) is 47.8 Å². The van der Waals surface area contributed by atoms with E-state index in [1.54, 1.807) is 6.08 Å². The molecule has 0 spiro atoms. The molecule has 8 nitrogen and oxygen atoms in total. The number of phosphoric ester groups is 1. The molecule has 0 bridgehead atoms. The second-order valence-electron chi connectivity index (χ2n) is 15.6. The maximum atomic E-state index is 12.7. The van der Waals surface area contributed by atoms with Crippen LogP contribution in [0.4, 0.5) is 0 Å². The van der Waals surface area contributed by atoms with E-state index >= 15 is 0 Å². The predicted octanol–water partition coefficient (Wildman–Crippen LogP) is 12.8. The molecule has 0 aromatic rings. The molecule has 3 atom stereocenters. The van der Waals surface area contributed by atoms with Gasteiger partial charge in [-0.25, -0.2) is 4.57 Å². The minimum atomic E-state index is -4.33. The van der Waals surface area contributed by atoms with Gasteiger partial charge in [0.2, 0.25) is 5.91 Å². The number of aliphatic hydroxyl groups is 1. The Morgan fingerprint density at radius 1 is 0.604 bits per heavy atom. The lowest BCUT2D eigenvalue weighted by Crippen LogP contribution is -2.45. The molecule has 0 fully saturated rings. The third-order valence-corrected chi connectivity index (χ3v) is 11.3. The smallest absolute Gasteiger partial charge is 0.387 e. The molecular formula is C44H89N2O6P. The maximum absolute atomic E-state index is 12.7. The first-order chi connectivity index (χ1) is 25.9. The number of phosphoric acid groups is 1. The van der Waals surface area contributed by atoms with Crippen LogP contribution in [0.1, 0.15) is 232 Å². The van der Waals surface area contributed by atoms with Crippen molar-refractivity contribution >= 4 is 13.7 Å². The Morgan fingerprint density at radius 2 is 0.962 bits per heavy atom. The zero-order valence-corrected chi connectivity index (χ0v) is 35.9. The fourth-order valence-corrected chi connectivity index (χ4v) is 7.66. The molecule has 0 aliphatic carbocycles. The van der Waals surface area contributed by atoms with E-state index in [9.17, 15) is 19.4 Å². The average molecular weight is 773 g/mol. The van der Waals surface area contributed by atoms with Gasteiger partial charge in [-0.1, -0.05) is 219 Å². The monoisotopic (exact) mass is 773 g/mol. The zero-order valence-electron chi connectivity index (χ0n) is 35.0. The Labute approximate surface area is 328 Å². The van der Waals surface area contributed by atoms with Crippen LogP contribution in [0.15, 0.2) is 12.2 Å². The van der Waals surface area contributed by atoms with Crippen LogP contribution in [0.2, 0.25) is 0 Å². The van der Waals surface area contributed by atoms with Gasteiger partial charge in [-0.05, 0) is 19.3 Å². The van der Waals surface area contributed by atoms with E-state index in [-0.39, 0.29) is 25.7 Å². The van der Waals surface area contributed by atoms with Gasteiger partial charge in [-0.3, -0.25) is 13.8 Å². The van der Waals surface area contributed by atoms with E-state index in [0.29, 0.717) is 6.42 Å². The van der Waals surface area contributed by atoms with Gasteiger partial charge in [0, 0.05) is 13.0 Å². The number of nitrogens with one attached hydrogen (secondary N) is 1. The van der Waals surface area contributed by atoms with Gasteiger partial charge in [0.1, 0.15) is 0 Å². The van der Waals surface area contributed by atoms with Crippen LogP contribution in [0, 0.1) is 0 Å². The van der Waals surface area contributed by atoms with Crippen LogP contribution in [0.25, 0.3) is 0 Å². The van der Waals surface area contributed by atoms with E-state index in [1.807, 2.05) is 6.08 Å². The van der Waals surface area contributed by atoms with E-state index < -0.39 is 20.0 Å². The summed E-state index contributed by atoms with van der Waals surface area (Å²) < 4.78 is 22.1. The number of hydrogen-bond acceptors (Lipinski definition) is 6. The van der Waals surface area contributed by atoms with Crippen molar-refractivity contribution in [2.24, 2.45) is 5.73 Å². The van der Waals surface area contributed by atoms with Crippen LogP contribution < -0.4 is 11.1 Å². The first-order valence-electron chi connectivity index (χ1n) is 22.8. The lowest BCUT2D eigenvalue weighted by Gasteiger charge is -2.23. The molecule has 1 unspecified atom stereocenters. The van der Waals surface area contributed by atoms with Crippen molar-refractivity contribution in [3.63, 3.8) is 0 Å². The van der Waals surface area contributed by atoms with E-state index in [4.69, 9.17) is 14.8 Å². The molecule has 0 heterocycles. The van der Waals surface area contributed by atoms with Crippen molar-refractivity contribution < 1.29 is 28.4 Å². The molecule has 0 aromatic heterocycles. The van der Waals surface area contributed by atoms with Crippen molar-refractivity contribution in [3.8, 4) is 0 Å². The summed E-state index contributed by atoms with van der Waals surface area (Å²) in [6, 6.07) is -0.853. The summed E-state index contributed by atoms with van der Waals surface area (Å²) in [6.07, 6.45) is 45.7. The van der Waals surface area contributed by atoms with E-state index in [0.717, 1.165) is 38.5 Å². The number of hydrogen-bond donors (Lipinski definition) is 4. The summed E-state index contributed by atoms with van der Waals surface area (Å²) >= 11 is 0. The summed E-state index contributed by atoms with van der Waals surface area (Å²) in [4.78, 5) is 22.6. The number of amides is 1. The summed E-state index contributed by atoms with van der Waals surface area (Å²) in [5.41, 5.74) is 5.36. The Morgan fingerprint density at radius 3 is 1.34 bits per heavy atom. The minimum absolute atomic E-state index is 0.0810. The third kappa shape index (κ3) is 39.3. The number of nitrogens with two attached hydrogens (primary N) is 1. The number of rotatable bonds is 43. The maximum Gasteiger partial charge on any atom is 0.472 e. The van der Waals surface area contributed by atoms with Crippen LogP contribution in [0.5, 0.6) is 0 Å². The zero-order chi connectivity index (χ0) is 38.9. The lowest BCUT2D eigenvalue weighted by molar-refractivity contribution is -0.123. The number of carbonyl (C=O) groups excluding carboxylic acids is 1. The van der Waals surface area contributed by atoms with E-state index in [2.05, 4.69) is 19.2 Å². The van der Waals surface area contributed by atoms with Gasteiger partial charge < -0.3 is 21.1 Å². The highest BCUT2D eigenvalue weighted by atomic mass is 31.2. The van der Waals surface area contributed by atoms with Crippen molar-refractivity contribution in [1.82, 2.24) is 5.32 Å². The number of unbranched alkanes of at least 4 members (excludes halogenated alkanes) is 31. The molecule has 0 aromatic carbocycles. The fourth-order valence-electron chi connectivity index (χ4n) is 6.90. The second-order valence-corrected chi connectivity index (χ2v) is 17.1. The molecule has 5 N–H and O–H groups in total. The molecule has 0 saturated heterocycles. The summed E-state index contributed by atoms with van der Waals surface area (Å²) in [5, 5.41) is 13.6. The molecular weight excluding hydrogens is 683 g/mol. The van der Waals surface area contributed by atoms with Crippen LogP contribution in [0.3, 0.4) is 0 Å². The molecule has 0 rings (SSSR count). The van der Waals surface area contributed by atoms with Gasteiger partial charge >= 0.3 is 7.82 Å². The van der Waals surface area contributed by atoms with Crippen molar-refractivity contribution in [1.29, 1.82) is 0 Å². The standard InChI is InChI=1S/C44H89N2O6P/c1-3-5-7-9-11-13-14-15-16-17-18-19-20-21-22-23-24-25-26-27-28-30-32-34-36-38-44(48)46-42(41-52-53(49,50)51-40-39-45)43(47)37-35-33-31-29-12-10-8-6-4-2/h35,37,42-43,47H,3-34,36,38-41,45H2,1-2H3,(H,46,48)(H,49,50)/b37-35+/t42-,43+/m0/s1. The Balaban J connectivity index is 3.92. The van der Waals surface area contributed by atoms with Gasteiger partial charge in [0.05, 0.1) is 25.4 Å². The third-order valence-electron chi connectivity index (χ3n) is 10.4. The minimum Gasteiger partial charge on any atom is -0.387 e. The van der Waals surface area contributed by atoms with Gasteiger partial charge in [0.15, 0.2) is 0 Å². The topological polar surface area (TPSA) is 131 Å². The van der Waals surface area contributed by atoms with Crippen molar-refractivity contribution in [2.75, 3.05) is 19.8 Å². The highest BCUT2D eigenvalue weighted by Gasteiger charge is 2.26. The largest absolute Gasteiger partial charge is 0.472 e. The number of aliphatic hydroxyl groups excluding tert-OH is 1. The fraction of sp³-hybridized carbons (Fsp3) is 0.932. The molecule has 1 amide bonds. The van der Waals surface area contributed by atoms with Gasteiger partial charge in [-0.15, -0.1) is 0 Å². The molecule has 0 aliphatic rings. The van der Waals surface area contributed by atoms with Crippen molar-refractivity contribution in [2.45, 2.75) is 244 Å². The molecule has 0 aliphatic heterocycles. The second kappa shape index (κ2) is 40.9. The Hall–Kier alpha value is -0.760. The van der Waals surface area contributed by atoms with Gasteiger partial charge in [-0.2, -0.15) is 0 Å². The molecule has 0 saturated carbocycles. The first-order valence-corrected chi connectivity index (χ1v) is 24.3. The Kier molecular flexibility index (Phi) is 40.3. The molecule has 0 radical (unpaired) electrons. The average Bonchev–Trinajstić information content (AvgIpc) is 3.14. The van der Waals surface area contributed by atoms with Gasteiger partial charge in [0.25, 0.3) is 0 Å². The highest BCUT2D eigenvalue weighted by Crippen LogP contribution is 2.43. The molecule has 53 heavy (non-hydrogen) atoms. The quantitative estimate of drug-likeness (QED) is 0.0276.